The fourth-order valence-electron chi connectivity index (χ4n) is 3.58. The number of hydrogen-bond acceptors (Lipinski definition) is 4. The van der Waals surface area contributed by atoms with Crippen molar-refractivity contribution in [3.05, 3.63) is 60.2 Å². The molecule has 24 heavy (non-hydrogen) atoms. The van der Waals surface area contributed by atoms with E-state index in [4.69, 9.17) is 4.74 Å². The molecule has 4 heteroatoms. The SMILES string of the molecule is CCOC[C@]1(CCc2ccncc2)CCN(Cc2cccnc2)C1. The van der Waals surface area contributed by atoms with E-state index in [0.29, 0.717) is 0 Å². The smallest absolute Gasteiger partial charge is 0.0535 e. The van der Waals surface area contributed by atoms with E-state index in [1.807, 2.05) is 30.9 Å². The monoisotopic (exact) mass is 325 g/mol. The zero-order valence-corrected chi connectivity index (χ0v) is 14.5. The van der Waals surface area contributed by atoms with Crippen LogP contribution in [-0.2, 0) is 17.7 Å². The van der Waals surface area contributed by atoms with Gasteiger partial charge in [0.2, 0.25) is 0 Å². The molecule has 1 aliphatic rings. The van der Waals surface area contributed by atoms with E-state index in [1.165, 1.54) is 24.0 Å². The molecule has 0 spiro atoms. The normalized spacial score (nSPS) is 21.2. The van der Waals surface area contributed by atoms with Crippen LogP contribution in [0.5, 0.6) is 0 Å². The van der Waals surface area contributed by atoms with E-state index < -0.39 is 0 Å². The van der Waals surface area contributed by atoms with E-state index in [-0.39, 0.29) is 5.41 Å². The van der Waals surface area contributed by atoms with Crippen LogP contribution in [0.25, 0.3) is 0 Å². The lowest BCUT2D eigenvalue weighted by molar-refractivity contribution is 0.0489. The van der Waals surface area contributed by atoms with Crippen molar-refractivity contribution in [2.45, 2.75) is 32.7 Å². The van der Waals surface area contributed by atoms with Gasteiger partial charge in [-0.1, -0.05) is 6.07 Å². The van der Waals surface area contributed by atoms with E-state index in [2.05, 4.69) is 40.0 Å². The molecule has 1 saturated heterocycles. The van der Waals surface area contributed by atoms with Crippen LogP contribution in [0.4, 0.5) is 0 Å². The zero-order valence-electron chi connectivity index (χ0n) is 14.5. The molecule has 2 aromatic heterocycles. The highest BCUT2D eigenvalue weighted by molar-refractivity contribution is 5.11. The van der Waals surface area contributed by atoms with Crippen molar-refractivity contribution in [3.63, 3.8) is 0 Å². The Morgan fingerprint density at radius 1 is 1.12 bits per heavy atom. The second-order valence-electron chi connectivity index (χ2n) is 6.81. The summed E-state index contributed by atoms with van der Waals surface area (Å²) in [6, 6.07) is 8.42. The van der Waals surface area contributed by atoms with E-state index in [0.717, 1.165) is 39.3 Å². The lowest BCUT2D eigenvalue weighted by Gasteiger charge is -2.29. The minimum absolute atomic E-state index is 0.265. The molecule has 0 unspecified atom stereocenters. The summed E-state index contributed by atoms with van der Waals surface area (Å²) >= 11 is 0. The predicted octanol–water partition coefficient (Wildman–Crippen LogP) is 3.34. The second-order valence-corrected chi connectivity index (χ2v) is 6.81. The van der Waals surface area contributed by atoms with E-state index >= 15 is 0 Å². The summed E-state index contributed by atoms with van der Waals surface area (Å²) in [7, 11) is 0. The molecule has 0 radical (unpaired) electrons. The summed E-state index contributed by atoms with van der Waals surface area (Å²) in [5, 5.41) is 0. The minimum atomic E-state index is 0.265. The highest BCUT2D eigenvalue weighted by Gasteiger charge is 2.37. The molecular weight excluding hydrogens is 298 g/mol. The molecule has 128 valence electrons. The Morgan fingerprint density at radius 2 is 2.00 bits per heavy atom. The van der Waals surface area contributed by atoms with Gasteiger partial charge in [0.15, 0.2) is 0 Å². The summed E-state index contributed by atoms with van der Waals surface area (Å²) in [5.41, 5.74) is 2.92. The molecule has 1 aliphatic heterocycles. The maximum Gasteiger partial charge on any atom is 0.0535 e. The number of likely N-dealkylation sites (tertiary alicyclic amines) is 1. The molecule has 0 aliphatic carbocycles. The number of pyridine rings is 2. The number of aryl methyl sites for hydroxylation is 1. The van der Waals surface area contributed by atoms with E-state index in [1.54, 1.807) is 0 Å². The molecule has 1 atom stereocenters. The summed E-state index contributed by atoms with van der Waals surface area (Å²) in [6.07, 6.45) is 11.0. The summed E-state index contributed by atoms with van der Waals surface area (Å²) < 4.78 is 5.86. The third-order valence-corrected chi connectivity index (χ3v) is 4.95. The van der Waals surface area contributed by atoms with Gasteiger partial charge in [0.25, 0.3) is 0 Å². The largest absolute Gasteiger partial charge is 0.381 e. The van der Waals surface area contributed by atoms with Crippen LogP contribution in [0.2, 0.25) is 0 Å². The molecule has 0 aromatic carbocycles. The topological polar surface area (TPSA) is 38.2 Å². The number of aromatic nitrogens is 2. The average Bonchev–Trinajstić information content (AvgIpc) is 3.03. The summed E-state index contributed by atoms with van der Waals surface area (Å²) in [4.78, 5) is 10.9. The quantitative estimate of drug-likeness (QED) is 0.746. The maximum atomic E-state index is 5.86. The number of hydrogen-bond donors (Lipinski definition) is 0. The van der Waals surface area contributed by atoms with Gasteiger partial charge in [-0.15, -0.1) is 0 Å². The first kappa shape index (κ1) is 17.1. The first-order valence-electron chi connectivity index (χ1n) is 8.88. The molecule has 2 aromatic rings. The Hall–Kier alpha value is -1.78. The van der Waals surface area contributed by atoms with Crippen molar-refractivity contribution in [2.75, 3.05) is 26.3 Å². The highest BCUT2D eigenvalue weighted by atomic mass is 16.5. The fraction of sp³-hybridized carbons (Fsp3) is 0.500. The molecule has 0 N–H and O–H groups in total. The summed E-state index contributed by atoms with van der Waals surface area (Å²) in [6.45, 7) is 6.96. The molecule has 1 fully saturated rings. The summed E-state index contributed by atoms with van der Waals surface area (Å²) in [5.74, 6) is 0. The Balaban J connectivity index is 1.61. The van der Waals surface area contributed by atoms with Crippen molar-refractivity contribution < 1.29 is 4.74 Å². The second kappa shape index (κ2) is 8.36. The highest BCUT2D eigenvalue weighted by Crippen LogP contribution is 2.36. The van der Waals surface area contributed by atoms with Crippen molar-refractivity contribution >= 4 is 0 Å². The van der Waals surface area contributed by atoms with Gasteiger partial charge in [-0.3, -0.25) is 14.9 Å². The first-order valence-corrected chi connectivity index (χ1v) is 8.88. The van der Waals surface area contributed by atoms with Gasteiger partial charge >= 0.3 is 0 Å². The van der Waals surface area contributed by atoms with Gasteiger partial charge in [-0.25, -0.2) is 0 Å². The Labute approximate surface area is 144 Å². The van der Waals surface area contributed by atoms with Gasteiger partial charge in [-0.05, 0) is 62.1 Å². The number of rotatable bonds is 8. The maximum absolute atomic E-state index is 5.86. The van der Waals surface area contributed by atoms with Crippen molar-refractivity contribution in [1.82, 2.24) is 14.9 Å². The Morgan fingerprint density at radius 3 is 2.75 bits per heavy atom. The standard InChI is InChI=1S/C20H27N3O/c1-2-24-17-20(8-5-18-6-11-21-12-7-18)9-13-23(16-20)15-19-4-3-10-22-14-19/h3-4,6-7,10-12,14H,2,5,8-9,13,15-17H2,1H3/t20-/m1/s1. The predicted molar refractivity (Wildman–Crippen MR) is 95.6 cm³/mol. The van der Waals surface area contributed by atoms with Crippen LogP contribution in [-0.4, -0.2) is 41.2 Å². The molecule has 3 rings (SSSR count). The van der Waals surface area contributed by atoms with Crippen LogP contribution < -0.4 is 0 Å². The zero-order chi connectivity index (χ0) is 16.7. The molecular formula is C20H27N3O. The molecule has 0 bridgehead atoms. The molecule has 0 amide bonds. The Kier molecular flexibility index (Phi) is 5.94. The number of nitrogens with zero attached hydrogens (tertiary/aromatic N) is 3. The first-order chi connectivity index (χ1) is 11.8. The van der Waals surface area contributed by atoms with Crippen LogP contribution in [0.3, 0.4) is 0 Å². The lowest BCUT2D eigenvalue weighted by Crippen LogP contribution is -2.32. The van der Waals surface area contributed by atoms with Crippen LogP contribution in [0.1, 0.15) is 30.9 Å². The van der Waals surface area contributed by atoms with Gasteiger partial charge in [0, 0.05) is 49.9 Å². The molecule has 0 saturated carbocycles. The van der Waals surface area contributed by atoms with Crippen LogP contribution in [0, 0.1) is 5.41 Å². The third-order valence-electron chi connectivity index (χ3n) is 4.95. The van der Waals surface area contributed by atoms with Gasteiger partial charge in [0.1, 0.15) is 0 Å². The fourth-order valence-corrected chi connectivity index (χ4v) is 3.58. The number of ether oxygens (including phenoxy) is 1. The third kappa shape index (κ3) is 4.62. The molecule has 4 nitrogen and oxygen atoms in total. The minimum Gasteiger partial charge on any atom is -0.381 e. The van der Waals surface area contributed by atoms with Crippen LogP contribution >= 0.6 is 0 Å². The average molecular weight is 325 g/mol. The van der Waals surface area contributed by atoms with Gasteiger partial charge in [0.05, 0.1) is 6.61 Å². The van der Waals surface area contributed by atoms with Gasteiger partial charge in [-0.2, -0.15) is 0 Å². The van der Waals surface area contributed by atoms with Crippen molar-refractivity contribution in [2.24, 2.45) is 5.41 Å². The Bertz CT molecular complexity index is 605. The van der Waals surface area contributed by atoms with Crippen molar-refractivity contribution in [3.8, 4) is 0 Å². The van der Waals surface area contributed by atoms with Gasteiger partial charge < -0.3 is 4.74 Å². The van der Waals surface area contributed by atoms with Crippen LogP contribution in [0.15, 0.2) is 49.1 Å². The molecule has 3 heterocycles. The lowest BCUT2D eigenvalue weighted by atomic mass is 9.82. The van der Waals surface area contributed by atoms with E-state index in [9.17, 15) is 0 Å². The van der Waals surface area contributed by atoms with Crippen molar-refractivity contribution in [1.29, 1.82) is 0 Å².